The van der Waals surface area contributed by atoms with Crippen LogP contribution in [0.4, 0.5) is 4.39 Å². The zero-order valence-corrected chi connectivity index (χ0v) is 44.0. The number of fused-ring (bicyclic) bond motifs is 1. The number of halogens is 1. The van der Waals surface area contributed by atoms with Crippen molar-refractivity contribution in [2.75, 3.05) is 73.0 Å². The summed E-state index contributed by atoms with van der Waals surface area (Å²) in [5.41, 5.74) is 10.7. The number of likely N-dealkylation sites (tertiary alicyclic amines) is 1. The summed E-state index contributed by atoms with van der Waals surface area (Å²) in [5.74, 6) is -1.37. The predicted octanol–water partition coefficient (Wildman–Crippen LogP) is 5.20. The number of carbonyl (C=O) groups is 4. The van der Waals surface area contributed by atoms with E-state index in [0.29, 0.717) is 95.5 Å². The maximum atomic E-state index is 14.3. The fourth-order valence-corrected chi connectivity index (χ4v) is 8.53. The van der Waals surface area contributed by atoms with Crippen LogP contribution in [0.1, 0.15) is 81.4 Å². The second kappa shape index (κ2) is 28.8. The standard InChI is InChI=1S/C55H74FN11O8/c1-7-47(39-13-9-8-10-14-39)64-53(70)48-28-44(36-66(48)54(71)50(55(3,4)5)65-52(69)37(2)58-6)60-17-19-73-21-23-75-25-24-74-22-20-72-18-16-49(68)67-35-42(33-63-67)40-27-45-46(34-62-51(45)61-32-40)41(29-57)31-59-30-38-12-11-15-43(56)26-38/h8-15,26-27,29,31-35,37,44,47-48,50,58,60H,7,16-25,28,30,36,57H2,1-6H3,(H,61,62)(H,64,70)(H,65,69). The molecule has 6 rings (SSSR count). The second-order valence-corrected chi connectivity index (χ2v) is 19.4. The van der Waals surface area contributed by atoms with Gasteiger partial charge >= 0.3 is 0 Å². The van der Waals surface area contributed by atoms with Crippen LogP contribution in [0.3, 0.4) is 0 Å². The molecule has 75 heavy (non-hydrogen) atoms. The number of pyridine rings is 1. The fourth-order valence-electron chi connectivity index (χ4n) is 8.53. The van der Waals surface area contributed by atoms with Gasteiger partial charge in [0.2, 0.25) is 23.6 Å². The number of hydrogen-bond acceptors (Lipinski definition) is 14. The van der Waals surface area contributed by atoms with Crippen molar-refractivity contribution >= 4 is 46.4 Å². The zero-order chi connectivity index (χ0) is 53.7. The lowest BCUT2D eigenvalue weighted by Gasteiger charge is -2.36. The Morgan fingerprint density at radius 3 is 2.29 bits per heavy atom. The molecule has 5 atom stereocenters. The largest absolute Gasteiger partial charge is 0.404 e. The maximum Gasteiger partial charge on any atom is 0.249 e. The Morgan fingerprint density at radius 2 is 1.63 bits per heavy atom. The molecule has 3 amide bonds. The van der Waals surface area contributed by atoms with E-state index in [1.54, 1.807) is 62.0 Å². The molecule has 0 bridgehead atoms. The smallest absolute Gasteiger partial charge is 0.249 e. The average Bonchev–Trinajstić information content (AvgIpc) is 4.19. The minimum absolute atomic E-state index is 0.124. The number of carbonyl (C=O) groups excluding carboxylic acids is 4. The number of amides is 3. The number of likely N-dealkylation sites (N-methyl/N-ethyl adjacent to an activating group) is 1. The summed E-state index contributed by atoms with van der Waals surface area (Å²) in [6.45, 7) is 13.3. The molecule has 7 N–H and O–H groups in total. The van der Waals surface area contributed by atoms with E-state index in [0.717, 1.165) is 27.6 Å². The number of nitrogens with zero attached hydrogens (tertiary/aromatic N) is 5. The van der Waals surface area contributed by atoms with E-state index >= 15 is 0 Å². The molecule has 20 heteroatoms. The van der Waals surface area contributed by atoms with Crippen molar-refractivity contribution in [1.82, 2.24) is 45.9 Å². The van der Waals surface area contributed by atoms with Crippen LogP contribution < -0.4 is 27.0 Å². The number of nitrogens with two attached hydrogens (primary N) is 1. The molecule has 1 aliphatic heterocycles. The first kappa shape index (κ1) is 57.6. The molecule has 0 spiro atoms. The molecule has 2 aromatic carbocycles. The molecule has 1 aliphatic rings. The second-order valence-electron chi connectivity index (χ2n) is 19.4. The molecule has 0 radical (unpaired) electrons. The number of nitrogens with one attached hydrogen (secondary N) is 5. The van der Waals surface area contributed by atoms with Crippen LogP contribution in [0.5, 0.6) is 0 Å². The monoisotopic (exact) mass is 1040 g/mol. The van der Waals surface area contributed by atoms with Crippen LogP contribution in [0.2, 0.25) is 0 Å². The number of ether oxygens (including phenoxy) is 4. The number of hydrogen-bond donors (Lipinski definition) is 6. The van der Waals surface area contributed by atoms with Gasteiger partial charge in [-0.05, 0) is 61.6 Å². The third-order valence-electron chi connectivity index (χ3n) is 12.9. The van der Waals surface area contributed by atoms with Gasteiger partial charge in [0.25, 0.3) is 0 Å². The zero-order valence-electron chi connectivity index (χ0n) is 44.0. The summed E-state index contributed by atoms with van der Waals surface area (Å²) in [6.07, 6.45) is 11.1. The number of benzene rings is 2. The molecule has 4 heterocycles. The van der Waals surface area contributed by atoms with Gasteiger partial charge in [-0.15, -0.1) is 0 Å². The Morgan fingerprint density at radius 1 is 0.920 bits per heavy atom. The van der Waals surface area contributed by atoms with E-state index in [1.807, 2.05) is 64.1 Å². The SMILES string of the molecule is CCC(NC(=O)C1CC(NCCOCCOCCOCCOCCC(=O)n2cc(-c3cnc4[nH]cc(C(C=NCc5cccc(F)c5)=CN)c4c3)cn2)CN1C(=O)C(NC(=O)C(C)NC)C(C)(C)C)c1ccccc1. The van der Waals surface area contributed by atoms with Gasteiger partial charge in [0.15, 0.2) is 0 Å². The first-order valence-electron chi connectivity index (χ1n) is 25.6. The molecular weight excluding hydrogens is 962 g/mol. The van der Waals surface area contributed by atoms with Gasteiger partial charge in [0.1, 0.15) is 23.5 Å². The Kier molecular flexibility index (Phi) is 22.1. The van der Waals surface area contributed by atoms with Crippen LogP contribution in [0.25, 0.3) is 27.7 Å². The summed E-state index contributed by atoms with van der Waals surface area (Å²) < 4.78 is 37.6. The number of H-pyrrole nitrogens is 1. The van der Waals surface area contributed by atoms with E-state index in [9.17, 15) is 23.6 Å². The van der Waals surface area contributed by atoms with Crippen LogP contribution in [0.15, 0.2) is 96.6 Å². The Labute approximate surface area is 438 Å². The maximum absolute atomic E-state index is 14.3. The Hall–Kier alpha value is -6.68. The van der Waals surface area contributed by atoms with E-state index < -0.39 is 23.5 Å². The molecule has 1 saturated heterocycles. The van der Waals surface area contributed by atoms with Crippen molar-refractivity contribution in [1.29, 1.82) is 0 Å². The highest BCUT2D eigenvalue weighted by atomic mass is 19.1. The topological polar surface area (TPSA) is 241 Å². The van der Waals surface area contributed by atoms with Crippen LogP contribution >= 0.6 is 0 Å². The highest BCUT2D eigenvalue weighted by molar-refractivity contribution is 6.14. The molecular formula is C55H74FN11O8. The average molecular weight is 1040 g/mol. The lowest BCUT2D eigenvalue weighted by Crippen LogP contribution is -2.59. The van der Waals surface area contributed by atoms with Crippen LogP contribution in [-0.2, 0) is 39.9 Å². The number of aliphatic imine (C=N–C) groups is 1. The van der Waals surface area contributed by atoms with Crippen molar-refractivity contribution in [3.05, 3.63) is 114 Å². The summed E-state index contributed by atoms with van der Waals surface area (Å²) in [6, 6.07) is 15.5. The van der Waals surface area contributed by atoms with Crippen molar-refractivity contribution in [3.63, 3.8) is 0 Å². The molecule has 19 nitrogen and oxygen atoms in total. The lowest BCUT2D eigenvalue weighted by molar-refractivity contribution is -0.144. The number of allylic oxidation sites excluding steroid dienone is 1. The van der Waals surface area contributed by atoms with Crippen LogP contribution in [-0.4, -0.2) is 152 Å². The fraction of sp³-hybridized carbons (Fsp3) is 0.473. The van der Waals surface area contributed by atoms with Gasteiger partial charge in [-0.1, -0.05) is 70.2 Å². The molecule has 404 valence electrons. The molecule has 5 unspecified atom stereocenters. The van der Waals surface area contributed by atoms with Crippen LogP contribution in [0, 0.1) is 11.2 Å². The summed E-state index contributed by atoms with van der Waals surface area (Å²) in [5, 5.41) is 17.6. The Balaban J connectivity index is 0.847. The molecule has 5 aromatic rings. The number of aromatic nitrogens is 4. The van der Waals surface area contributed by atoms with Gasteiger partial charge in [-0.25, -0.2) is 14.1 Å². The van der Waals surface area contributed by atoms with Gasteiger partial charge in [0.05, 0.1) is 84.1 Å². The van der Waals surface area contributed by atoms with Crippen molar-refractivity contribution < 1.29 is 42.5 Å². The quantitative estimate of drug-likeness (QED) is 0.0267. The summed E-state index contributed by atoms with van der Waals surface area (Å²) in [7, 11) is 1.69. The predicted molar refractivity (Wildman–Crippen MR) is 286 cm³/mol. The summed E-state index contributed by atoms with van der Waals surface area (Å²) >= 11 is 0. The Bertz CT molecular complexity index is 2690. The van der Waals surface area contributed by atoms with Gasteiger partial charge < -0.3 is 55.8 Å². The van der Waals surface area contributed by atoms with Crippen molar-refractivity contribution in [2.45, 2.75) is 90.6 Å². The van der Waals surface area contributed by atoms with Crippen molar-refractivity contribution in [3.8, 4) is 11.1 Å². The first-order chi connectivity index (χ1) is 36.2. The minimum atomic E-state index is -0.848. The molecule has 0 saturated carbocycles. The highest BCUT2D eigenvalue weighted by Gasteiger charge is 2.45. The van der Waals surface area contributed by atoms with Gasteiger partial charge in [-0.2, -0.15) is 5.10 Å². The number of aromatic amines is 1. The van der Waals surface area contributed by atoms with E-state index in [-0.39, 0.29) is 54.6 Å². The minimum Gasteiger partial charge on any atom is -0.404 e. The van der Waals surface area contributed by atoms with E-state index in [1.165, 1.54) is 23.0 Å². The number of rotatable bonds is 29. The summed E-state index contributed by atoms with van der Waals surface area (Å²) in [4.78, 5) is 68.0. The lowest BCUT2D eigenvalue weighted by atomic mass is 9.85. The first-order valence-corrected chi connectivity index (χ1v) is 25.6. The normalized spacial score (nSPS) is 16.4. The molecule has 3 aromatic heterocycles. The molecule has 0 aliphatic carbocycles. The van der Waals surface area contributed by atoms with Gasteiger partial charge in [0, 0.05) is 77.8 Å². The van der Waals surface area contributed by atoms with Crippen molar-refractivity contribution in [2.24, 2.45) is 16.1 Å². The van der Waals surface area contributed by atoms with Gasteiger partial charge in [-0.3, -0.25) is 24.2 Å². The third-order valence-corrected chi connectivity index (χ3v) is 12.9. The highest BCUT2D eigenvalue weighted by Crippen LogP contribution is 2.29. The van der Waals surface area contributed by atoms with E-state index in [4.69, 9.17) is 24.7 Å². The third kappa shape index (κ3) is 16.9. The molecule has 1 fully saturated rings. The van der Waals surface area contributed by atoms with E-state index in [2.05, 4.69) is 41.3 Å².